The number of anilines is 1. The summed E-state index contributed by atoms with van der Waals surface area (Å²) in [5.41, 5.74) is 0.581. The second-order valence-electron chi connectivity index (χ2n) is 6.46. The SMILES string of the molecule is NS(=O)(=O)c1ccc(CNC(=O)C2CCN(c3ccc4nnnn4n3)CC2)s1. The molecule has 3 aromatic rings. The van der Waals surface area contributed by atoms with Crippen molar-refractivity contribution in [2.24, 2.45) is 11.1 Å². The van der Waals surface area contributed by atoms with Crippen molar-refractivity contribution >= 4 is 38.7 Å². The molecule has 0 bridgehead atoms. The van der Waals surface area contributed by atoms with E-state index in [0.29, 0.717) is 31.6 Å². The summed E-state index contributed by atoms with van der Waals surface area (Å²) in [4.78, 5) is 15.3. The van der Waals surface area contributed by atoms with E-state index in [1.165, 1.54) is 10.7 Å². The molecule has 0 spiro atoms. The molecular formula is C15H18N8O3S2. The predicted octanol–water partition coefficient (Wildman–Crippen LogP) is -0.239. The van der Waals surface area contributed by atoms with Gasteiger partial charge in [-0.05, 0) is 47.5 Å². The zero-order chi connectivity index (χ0) is 19.7. The minimum absolute atomic E-state index is 0.0332. The third-order valence-electron chi connectivity index (χ3n) is 4.60. The van der Waals surface area contributed by atoms with E-state index in [-0.39, 0.29) is 22.6 Å². The quantitative estimate of drug-likeness (QED) is 0.572. The summed E-state index contributed by atoms with van der Waals surface area (Å²) in [6, 6.07) is 6.78. The minimum atomic E-state index is -3.70. The largest absolute Gasteiger partial charge is 0.355 e. The Hall–Kier alpha value is -2.64. The molecule has 1 amide bonds. The fourth-order valence-corrected chi connectivity index (χ4v) is 4.82. The summed E-state index contributed by atoms with van der Waals surface area (Å²) in [6.45, 7) is 1.69. The number of piperidine rings is 1. The van der Waals surface area contributed by atoms with Crippen LogP contribution in [0.1, 0.15) is 17.7 Å². The number of fused-ring (bicyclic) bond motifs is 1. The van der Waals surface area contributed by atoms with Crippen LogP contribution in [0.4, 0.5) is 5.82 Å². The summed E-state index contributed by atoms with van der Waals surface area (Å²) in [6.07, 6.45) is 1.40. The van der Waals surface area contributed by atoms with E-state index in [9.17, 15) is 13.2 Å². The van der Waals surface area contributed by atoms with Gasteiger partial charge in [-0.25, -0.2) is 13.6 Å². The molecule has 1 fully saturated rings. The molecular weight excluding hydrogens is 404 g/mol. The first kappa shape index (κ1) is 18.7. The molecule has 0 aliphatic carbocycles. The molecule has 11 nitrogen and oxygen atoms in total. The molecule has 0 atom stereocenters. The standard InChI is InChI=1S/C15H18N8O3S2/c16-28(25,26)14-4-1-11(27-14)9-17-15(24)10-5-7-22(8-6-10)13-3-2-12-18-20-21-23(12)19-13/h1-4,10H,5-9H2,(H,17,24)(H2,16,25,26). The van der Waals surface area contributed by atoms with Gasteiger partial charge in [-0.15, -0.1) is 26.2 Å². The molecule has 4 heterocycles. The average molecular weight is 422 g/mol. The molecule has 3 aromatic heterocycles. The van der Waals surface area contributed by atoms with Gasteiger partial charge in [0.25, 0.3) is 0 Å². The normalized spacial score (nSPS) is 15.8. The number of aromatic nitrogens is 5. The second-order valence-corrected chi connectivity index (χ2v) is 9.42. The number of carbonyl (C=O) groups excluding carboxylic acids is 1. The third kappa shape index (κ3) is 3.95. The van der Waals surface area contributed by atoms with Crippen molar-refractivity contribution in [1.29, 1.82) is 0 Å². The molecule has 0 saturated carbocycles. The van der Waals surface area contributed by atoms with E-state index in [1.807, 2.05) is 6.07 Å². The maximum absolute atomic E-state index is 12.4. The Morgan fingerprint density at radius 1 is 1.25 bits per heavy atom. The molecule has 4 rings (SSSR count). The average Bonchev–Trinajstić information content (AvgIpc) is 3.34. The predicted molar refractivity (Wildman–Crippen MR) is 101 cm³/mol. The van der Waals surface area contributed by atoms with Gasteiger partial charge in [-0.1, -0.05) is 0 Å². The summed E-state index contributed by atoms with van der Waals surface area (Å²) >= 11 is 1.07. The highest BCUT2D eigenvalue weighted by atomic mass is 32.2. The minimum Gasteiger partial charge on any atom is -0.355 e. The van der Waals surface area contributed by atoms with Crippen molar-refractivity contribution < 1.29 is 13.2 Å². The third-order valence-corrected chi connectivity index (χ3v) is 7.12. The molecule has 13 heteroatoms. The fraction of sp³-hybridized carbons (Fsp3) is 0.400. The zero-order valence-electron chi connectivity index (χ0n) is 14.7. The van der Waals surface area contributed by atoms with Crippen molar-refractivity contribution in [3.8, 4) is 0 Å². The number of hydrogen-bond donors (Lipinski definition) is 2. The summed E-state index contributed by atoms with van der Waals surface area (Å²) in [5, 5.41) is 23.6. The van der Waals surface area contributed by atoms with Crippen LogP contribution < -0.4 is 15.4 Å². The number of nitrogens with two attached hydrogens (primary N) is 1. The van der Waals surface area contributed by atoms with Crippen molar-refractivity contribution in [1.82, 2.24) is 30.6 Å². The highest BCUT2D eigenvalue weighted by molar-refractivity contribution is 7.91. The molecule has 148 valence electrons. The number of hydrogen-bond acceptors (Lipinski definition) is 9. The van der Waals surface area contributed by atoms with E-state index in [0.717, 1.165) is 22.0 Å². The molecule has 0 unspecified atom stereocenters. The van der Waals surface area contributed by atoms with Gasteiger partial charge >= 0.3 is 0 Å². The number of nitrogens with zero attached hydrogens (tertiary/aromatic N) is 6. The lowest BCUT2D eigenvalue weighted by Gasteiger charge is -2.31. The van der Waals surface area contributed by atoms with Crippen LogP contribution in [-0.2, 0) is 21.4 Å². The van der Waals surface area contributed by atoms with Crippen molar-refractivity contribution in [3.05, 3.63) is 29.1 Å². The molecule has 1 saturated heterocycles. The van der Waals surface area contributed by atoms with Crippen LogP contribution in [0, 0.1) is 5.92 Å². The highest BCUT2D eigenvalue weighted by Gasteiger charge is 2.26. The van der Waals surface area contributed by atoms with Gasteiger partial charge in [0.05, 0.1) is 6.54 Å². The molecule has 0 radical (unpaired) electrons. The maximum Gasteiger partial charge on any atom is 0.247 e. The van der Waals surface area contributed by atoms with Gasteiger partial charge in [0.2, 0.25) is 15.9 Å². The van der Waals surface area contributed by atoms with Crippen LogP contribution in [0.25, 0.3) is 5.65 Å². The molecule has 28 heavy (non-hydrogen) atoms. The highest BCUT2D eigenvalue weighted by Crippen LogP contribution is 2.23. The fourth-order valence-electron chi connectivity index (χ4n) is 3.10. The van der Waals surface area contributed by atoms with Gasteiger partial charge in [-0.2, -0.15) is 0 Å². The van der Waals surface area contributed by atoms with E-state index in [4.69, 9.17) is 5.14 Å². The van der Waals surface area contributed by atoms with Gasteiger partial charge < -0.3 is 10.2 Å². The Kier molecular flexibility index (Phi) is 4.95. The van der Waals surface area contributed by atoms with E-state index in [2.05, 4.69) is 30.8 Å². The number of nitrogens with one attached hydrogen (secondary N) is 1. The Bertz CT molecular complexity index is 1100. The van der Waals surface area contributed by atoms with E-state index < -0.39 is 10.0 Å². The van der Waals surface area contributed by atoms with Crippen LogP contribution in [0.3, 0.4) is 0 Å². The maximum atomic E-state index is 12.4. The van der Waals surface area contributed by atoms with Crippen LogP contribution in [0.2, 0.25) is 0 Å². The lowest BCUT2D eigenvalue weighted by molar-refractivity contribution is -0.125. The topological polar surface area (TPSA) is 148 Å². The number of rotatable bonds is 5. The second kappa shape index (κ2) is 7.41. The van der Waals surface area contributed by atoms with E-state index in [1.54, 1.807) is 12.1 Å². The summed E-state index contributed by atoms with van der Waals surface area (Å²) in [5.74, 6) is 0.646. The number of amides is 1. The lowest BCUT2D eigenvalue weighted by Crippen LogP contribution is -2.40. The Labute approximate surface area is 164 Å². The zero-order valence-corrected chi connectivity index (χ0v) is 16.4. The van der Waals surface area contributed by atoms with Crippen LogP contribution >= 0.6 is 11.3 Å². The first-order valence-corrected chi connectivity index (χ1v) is 11.0. The first-order chi connectivity index (χ1) is 13.4. The van der Waals surface area contributed by atoms with Crippen LogP contribution in [-0.4, -0.2) is 52.7 Å². The van der Waals surface area contributed by atoms with Gasteiger partial charge in [0, 0.05) is 23.9 Å². The van der Waals surface area contributed by atoms with Crippen LogP contribution in [0.15, 0.2) is 28.5 Å². The van der Waals surface area contributed by atoms with Gasteiger partial charge in [-0.3, -0.25) is 4.79 Å². The molecule has 1 aliphatic rings. The van der Waals surface area contributed by atoms with Gasteiger partial charge in [0.15, 0.2) is 11.5 Å². The monoisotopic (exact) mass is 422 g/mol. The number of primary sulfonamides is 1. The lowest BCUT2D eigenvalue weighted by atomic mass is 9.96. The summed E-state index contributed by atoms with van der Waals surface area (Å²) < 4.78 is 24.1. The van der Waals surface area contributed by atoms with Gasteiger partial charge in [0.1, 0.15) is 4.21 Å². The Morgan fingerprint density at radius 2 is 2.04 bits per heavy atom. The smallest absolute Gasteiger partial charge is 0.247 e. The number of sulfonamides is 1. The van der Waals surface area contributed by atoms with E-state index >= 15 is 0 Å². The van der Waals surface area contributed by atoms with Crippen molar-refractivity contribution in [2.75, 3.05) is 18.0 Å². The van der Waals surface area contributed by atoms with Crippen molar-refractivity contribution in [2.45, 2.75) is 23.6 Å². The molecule has 3 N–H and O–H groups in total. The number of carbonyl (C=O) groups is 1. The van der Waals surface area contributed by atoms with Crippen LogP contribution in [0.5, 0.6) is 0 Å². The Balaban J connectivity index is 1.30. The summed E-state index contributed by atoms with van der Waals surface area (Å²) in [7, 11) is -3.70. The number of thiophene rings is 1. The Morgan fingerprint density at radius 3 is 2.75 bits per heavy atom. The number of tetrazole rings is 1. The first-order valence-electron chi connectivity index (χ1n) is 8.60. The van der Waals surface area contributed by atoms with Crippen molar-refractivity contribution in [3.63, 3.8) is 0 Å². The molecule has 1 aliphatic heterocycles. The molecule has 0 aromatic carbocycles.